The maximum absolute atomic E-state index is 11.9. The Morgan fingerprint density at radius 2 is 2.04 bits per heavy atom. The summed E-state index contributed by atoms with van der Waals surface area (Å²) in [6.45, 7) is 2.78. The molecule has 3 aromatic rings. The van der Waals surface area contributed by atoms with Gasteiger partial charge < -0.3 is 14.8 Å². The molecule has 0 bridgehead atoms. The first-order valence-electron chi connectivity index (χ1n) is 8.40. The van der Waals surface area contributed by atoms with Crippen molar-refractivity contribution in [3.05, 3.63) is 64.1 Å². The van der Waals surface area contributed by atoms with Crippen LogP contribution in [0.1, 0.15) is 23.0 Å². The van der Waals surface area contributed by atoms with Gasteiger partial charge in [-0.3, -0.25) is 4.79 Å². The average Bonchev–Trinajstić information content (AvgIpc) is 3.18. The molecule has 1 N–H and O–H groups in total. The lowest BCUT2D eigenvalue weighted by Crippen LogP contribution is -2.22. The fourth-order valence-corrected chi connectivity index (χ4v) is 3.44. The molecule has 0 spiro atoms. The fourth-order valence-electron chi connectivity index (χ4n) is 2.45. The van der Waals surface area contributed by atoms with Crippen LogP contribution in [0.3, 0.4) is 0 Å². The SMILES string of the molecule is CCNC(=O)c1csc(-c2ccc(OCc3ccccc3Cl)c(OC)c2)n1. The topological polar surface area (TPSA) is 60.5 Å². The summed E-state index contributed by atoms with van der Waals surface area (Å²) in [5.41, 5.74) is 2.17. The Morgan fingerprint density at radius 1 is 1.22 bits per heavy atom. The van der Waals surface area contributed by atoms with Crippen LogP contribution in [0, 0.1) is 0 Å². The van der Waals surface area contributed by atoms with Crippen LogP contribution < -0.4 is 14.8 Å². The Kier molecular flexibility index (Phi) is 6.32. The molecule has 2 aromatic carbocycles. The van der Waals surface area contributed by atoms with Gasteiger partial charge in [0.25, 0.3) is 5.91 Å². The number of methoxy groups -OCH3 is 1. The molecule has 1 amide bonds. The molecular weight excluding hydrogens is 384 g/mol. The highest BCUT2D eigenvalue weighted by atomic mass is 35.5. The van der Waals surface area contributed by atoms with E-state index in [1.807, 2.05) is 49.4 Å². The number of carbonyl (C=O) groups is 1. The van der Waals surface area contributed by atoms with Crippen molar-refractivity contribution < 1.29 is 14.3 Å². The molecule has 1 aromatic heterocycles. The van der Waals surface area contributed by atoms with Gasteiger partial charge in [-0.2, -0.15) is 0 Å². The number of benzene rings is 2. The number of ether oxygens (including phenoxy) is 2. The molecule has 1 heterocycles. The standard InChI is InChI=1S/C20H19ClN2O3S/c1-3-22-19(24)16-12-27-20(23-16)13-8-9-17(18(10-13)25-2)26-11-14-6-4-5-7-15(14)21/h4-10,12H,3,11H2,1-2H3,(H,22,24). The van der Waals surface area contributed by atoms with Crippen LogP contribution >= 0.6 is 22.9 Å². The molecule has 27 heavy (non-hydrogen) atoms. The van der Waals surface area contributed by atoms with E-state index in [1.165, 1.54) is 11.3 Å². The third-order valence-corrected chi connectivity index (χ3v) is 5.09. The predicted octanol–water partition coefficient (Wildman–Crippen LogP) is 4.80. The second-order valence-corrected chi connectivity index (χ2v) is 6.91. The van der Waals surface area contributed by atoms with Gasteiger partial charge >= 0.3 is 0 Å². The summed E-state index contributed by atoms with van der Waals surface area (Å²) in [7, 11) is 1.59. The Bertz CT molecular complexity index is 942. The summed E-state index contributed by atoms with van der Waals surface area (Å²) >= 11 is 7.58. The third-order valence-electron chi connectivity index (χ3n) is 3.83. The van der Waals surface area contributed by atoms with Gasteiger partial charge in [-0.1, -0.05) is 29.8 Å². The number of nitrogens with zero attached hydrogens (tertiary/aromatic N) is 1. The van der Waals surface area contributed by atoms with Crippen LogP contribution in [0.15, 0.2) is 47.8 Å². The molecule has 0 fully saturated rings. The quantitative estimate of drug-likeness (QED) is 0.616. The molecule has 0 unspecified atom stereocenters. The molecule has 0 saturated heterocycles. The maximum Gasteiger partial charge on any atom is 0.270 e. The first-order valence-corrected chi connectivity index (χ1v) is 9.66. The number of aromatic nitrogens is 1. The van der Waals surface area contributed by atoms with Crippen molar-refractivity contribution >= 4 is 28.8 Å². The number of rotatable bonds is 7. The summed E-state index contributed by atoms with van der Waals surface area (Å²) in [5.74, 6) is 1.03. The van der Waals surface area contributed by atoms with E-state index in [4.69, 9.17) is 21.1 Å². The molecule has 0 aliphatic rings. The van der Waals surface area contributed by atoms with E-state index >= 15 is 0 Å². The van der Waals surface area contributed by atoms with Crippen molar-refractivity contribution in [1.29, 1.82) is 0 Å². The van der Waals surface area contributed by atoms with E-state index < -0.39 is 0 Å². The van der Waals surface area contributed by atoms with Crippen LogP contribution in [0.4, 0.5) is 0 Å². The van der Waals surface area contributed by atoms with E-state index in [1.54, 1.807) is 12.5 Å². The first kappa shape index (κ1) is 19.2. The molecule has 5 nitrogen and oxygen atoms in total. The summed E-state index contributed by atoms with van der Waals surface area (Å²) in [6.07, 6.45) is 0. The minimum absolute atomic E-state index is 0.174. The van der Waals surface area contributed by atoms with Crippen LogP contribution in [0.25, 0.3) is 10.6 Å². The normalized spacial score (nSPS) is 10.5. The van der Waals surface area contributed by atoms with Crippen LogP contribution in [-0.4, -0.2) is 24.5 Å². The molecule has 3 rings (SSSR count). The van der Waals surface area contributed by atoms with Crippen LogP contribution in [0.2, 0.25) is 5.02 Å². The Hall–Kier alpha value is -2.57. The van der Waals surface area contributed by atoms with Gasteiger partial charge in [0.15, 0.2) is 11.5 Å². The van der Waals surface area contributed by atoms with E-state index in [9.17, 15) is 4.79 Å². The molecular formula is C20H19ClN2O3S. The van der Waals surface area contributed by atoms with E-state index in [0.29, 0.717) is 35.4 Å². The van der Waals surface area contributed by atoms with Crippen molar-refractivity contribution in [1.82, 2.24) is 10.3 Å². The smallest absolute Gasteiger partial charge is 0.270 e. The Balaban J connectivity index is 1.78. The highest BCUT2D eigenvalue weighted by Crippen LogP contribution is 2.34. The molecule has 0 aliphatic carbocycles. The summed E-state index contributed by atoms with van der Waals surface area (Å²) in [5, 5.41) is 5.89. The van der Waals surface area contributed by atoms with Gasteiger partial charge in [0.05, 0.1) is 7.11 Å². The maximum atomic E-state index is 11.9. The highest BCUT2D eigenvalue weighted by molar-refractivity contribution is 7.13. The zero-order chi connectivity index (χ0) is 19.2. The molecule has 0 saturated carbocycles. The number of amides is 1. The zero-order valence-corrected chi connectivity index (χ0v) is 16.6. The molecule has 140 valence electrons. The second-order valence-electron chi connectivity index (χ2n) is 5.64. The zero-order valence-electron chi connectivity index (χ0n) is 15.0. The first-order chi connectivity index (χ1) is 13.1. The molecule has 0 atom stereocenters. The predicted molar refractivity (Wildman–Crippen MR) is 108 cm³/mol. The average molecular weight is 403 g/mol. The lowest BCUT2D eigenvalue weighted by Gasteiger charge is -2.12. The van der Waals surface area contributed by atoms with E-state index in [0.717, 1.165) is 16.1 Å². The molecule has 0 aliphatic heterocycles. The number of carbonyl (C=O) groups excluding carboxylic acids is 1. The third kappa shape index (κ3) is 4.59. The second kappa shape index (κ2) is 8.88. The number of halogens is 1. The van der Waals surface area contributed by atoms with Gasteiger partial charge in [-0.05, 0) is 31.2 Å². The van der Waals surface area contributed by atoms with Crippen molar-refractivity contribution in [3.63, 3.8) is 0 Å². The molecule has 7 heteroatoms. The van der Waals surface area contributed by atoms with Gasteiger partial charge in [-0.25, -0.2) is 4.98 Å². The highest BCUT2D eigenvalue weighted by Gasteiger charge is 2.13. The van der Waals surface area contributed by atoms with E-state index in [-0.39, 0.29) is 5.91 Å². The largest absolute Gasteiger partial charge is 0.493 e. The molecule has 0 radical (unpaired) electrons. The fraction of sp³-hybridized carbons (Fsp3) is 0.200. The van der Waals surface area contributed by atoms with Gasteiger partial charge in [0, 0.05) is 28.1 Å². The minimum atomic E-state index is -0.174. The Labute approximate surface area is 166 Å². The van der Waals surface area contributed by atoms with Crippen LogP contribution in [-0.2, 0) is 6.61 Å². The lowest BCUT2D eigenvalue weighted by molar-refractivity contribution is 0.0951. The summed E-state index contributed by atoms with van der Waals surface area (Å²) < 4.78 is 11.3. The van der Waals surface area contributed by atoms with Gasteiger partial charge in [0.1, 0.15) is 17.3 Å². The summed E-state index contributed by atoms with van der Waals surface area (Å²) in [6, 6.07) is 13.1. The monoisotopic (exact) mass is 402 g/mol. The van der Waals surface area contributed by atoms with Crippen molar-refractivity contribution in [2.45, 2.75) is 13.5 Å². The lowest BCUT2D eigenvalue weighted by atomic mass is 10.2. The number of hydrogen-bond acceptors (Lipinski definition) is 5. The van der Waals surface area contributed by atoms with Gasteiger partial charge in [-0.15, -0.1) is 11.3 Å². The van der Waals surface area contributed by atoms with Crippen molar-refractivity contribution in [3.8, 4) is 22.1 Å². The number of nitrogens with one attached hydrogen (secondary N) is 1. The minimum Gasteiger partial charge on any atom is -0.493 e. The van der Waals surface area contributed by atoms with Crippen LogP contribution in [0.5, 0.6) is 11.5 Å². The Morgan fingerprint density at radius 3 is 2.78 bits per heavy atom. The van der Waals surface area contributed by atoms with E-state index in [2.05, 4.69) is 10.3 Å². The summed E-state index contributed by atoms with van der Waals surface area (Å²) in [4.78, 5) is 16.3. The number of hydrogen-bond donors (Lipinski definition) is 1. The van der Waals surface area contributed by atoms with Crippen molar-refractivity contribution in [2.24, 2.45) is 0 Å². The van der Waals surface area contributed by atoms with Gasteiger partial charge in [0.2, 0.25) is 0 Å². The van der Waals surface area contributed by atoms with Crippen molar-refractivity contribution in [2.75, 3.05) is 13.7 Å². The number of thiazole rings is 1.